The monoisotopic (exact) mass is 383 g/mol. The molecule has 4 aromatic rings. The lowest BCUT2D eigenvalue weighted by molar-refractivity contribution is 0.594. The van der Waals surface area contributed by atoms with E-state index in [-0.39, 0.29) is 10.8 Å². The van der Waals surface area contributed by atoms with Gasteiger partial charge in [-0.05, 0) is 29.4 Å². The van der Waals surface area contributed by atoms with Crippen LogP contribution in [0.15, 0.2) is 18.2 Å². The Balaban J connectivity index is 2.05. The summed E-state index contributed by atoms with van der Waals surface area (Å²) in [5, 5.41) is 13.2. The SMILES string of the molecule is Cc1cc2c(-c3ccc(C(C)(C)C)c4n[nH]nc34)sc(C(C)(C)C)c2s1. The number of thiophene rings is 2. The maximum absolute atomic E-state index is 4.53. The van der Waals surface area contributed by atoms with Crippen molar-refractivity contribution in [2.24, 2.45) is 0 Å². The van der Waals surface area contributed by atoms with Gasteiger partial charge in [0.25, 0.3) is 0 Å². The van der Waals surface area contributed by atoms with Crippen LogP contribution in [0, 0.1) is 6.92 Å². The molecule has 0 saturated heterocycles. The number of rotatable bonds is 1. The number of fused-ring (bicyclic) bond motifs is 2. The highest BCUT2D eigenvalue weighted by atomic mass is 32.1. The van der Waals surface area contributed by atoms with Crippen LogP contribution >= 0.6 is 22.7 Å². The molecule has 0 radical (unpaired) electrons. The summed E-state index contributed by atoms with van der Waals surface area (Å²) >= 11 is 3.81. The van der Waals surface area contributed by atoms with Crippen molar-refractivity contribution in [3.63, 3.8) is 0 Å². The quantitative estimate of drug-likeness (QED) is 0.392. The van der Waals surface area contributed by atoms with Gasteiger partial charge in [-0.15, -0.1) is 22.7 Å². The Morgan fingerprint density at radius 1 is 0.885 bits per heavy atom. The number of benzene rings is 1. The summed E-state index contributed by atoms with van der Waals surface area (Å²) in [4.78, 5) is 4.13. The minimum absolute atomic E-state index is 0.0357. The van der Waals surface area contributed by atoms with Crippen molar-refractivity contribution in [1.29, 1.82) is 0 Å². The first-order valence-electron chi connectivity index (χ1n) is 8.95. The summed E-state index contributed by atoms with van der Waals surface area (Å²) in [5.41, 5.74) is 4.55. The van der Waals surface area contributed by atoms with Crippen molar-refractivity contribution in [2.45, 2.75) is 59.3 Å². The Kier molecular flexibility index (Phi) is 3.83. The molecule has 1 N–H and O–H groups in total. The molecular weight excluding hydrogens is 358 g/mol. The van der Waals surface area contributed by atoms with Gasteiger partial charge in [0.05, 0.1) is 0 Å². The van der Waals surface area contributed by atoms with E-state index >= 15 is 0 Å². The molecule has 0 bridgehead atoms. The Morgan fingerprint density at radius 3 is 2.23 bits per heavy atom. The smallest absolute Gasteiger partial charge is 0.121 e. The van der Waals surface area contributed by atoms with E-state index in [1.165, 1.54) is 35.8 Å². The second kappa shape index (κ2) is 5.64. The molecule has 0 aliphatic rings. The molecule has 4 rings (SSSR count). The Morgan fingerprint density at radius 2 is 1.58 bits per heavy atom. The first kappa shape index (κ1) is 17.7. The first-order chi connectivity index (χ1) is 12.1. The van der Waals surface area contributed by atoms with Gasteiger partial charge in [0.1, 0.15) is 11.0 Å². The van der Waals surface area contributed by atoms with Crippen LogP contribution in [0.3, 0.4) is 0 Å². The van der Waals surface area contributed by atoms with Crippen molar-refractivity contribution in [1.82, 2.24) is 15.4 Å². The summed E-state index contributed by atoms with van der Waals surface area (Å²) in [6.45, 7) is 15.8. The molecule has 3 nitrogen and oxygen atoms in total. The van der Waals surface area contributed by atoms with E-state index in [1.54, 1.807) is 0 Å². The van der Waals surface area contributed by atoms with E-state index in [0.29, 0.717) is 0 Å². The lowest BCUT2D eigenvalue weighted by Crippen LogP contribution is -2.11. The Bertz CT molecular complexity index is 1110. The van der Waals surface area contributed by atoms with Crippen LogP contribution in [0.2, 0.25) is 0 Å². The maximum Gasteiger partial charge on any atom is 0.121 e. The van der Waals surface area contributed by atoms with Gasteiger partial charge in [-0.1, -0.05) is 53.7 Å². The van der Waals surface area contributed by atoms with Crippen LogP contribution in [0.4, 0.5) is 0 Å². The minimum atomic E-state index is 0.0357. The fraction of sp³-hybridized carbons (Fsp3) is 0.429. The van der Waals surface area contributed by atoms with Crippen LogP contribution in [-0.2, 0) is 10.8 Å². The number of hydrogen-bond donors (Lipinski definition) is 1. The Hall–Kier alpha value is -1.72. The third-order valence-corrected chi connectivity index (χ3v) is 7.58. The van der Waals surface area contributed by atoms with Gasteiger partial charge >= 0.3 is 0 Å². The molecule has 0 saturated carbocycles. The number of nitrogens with one attached hydrogen (secondary N) is 1. The zero-order valence-electron chi connectivity index (χ0n) is 16.4. The second-order valence-corrected chi connectivity index (χ2v) is 11.3. The largest absolute Gasteiger partial charge is 0.197 e. The van der Waals surface area contributed by atoms with E-state index in [9.17, 15) is 0 Å². The molecule has 136 valence electrons. The second-order valence-electron chi connectivity index (χ2n) is 9.04. The molecule has 0 aliphatic carbocycles. The van der Waals surface area contributed by atoms with E-state index in [4.69, 9.17) is 0 Å². The van der Waals surface area contributed by atoms with Gasteiger partial charge < -0.3 is 0 Å². The summed E-state index contributed by atoms with van der Waals surface area (Å²) in [6, 6.07) is 6.78. The van der Waals surface area contributed by atoms with E-state index in [2.05, 4.69) is 82.1 Å². The van der Waals surface area contributed by atoms with Gasteiger partial charge in [0.15, 0.2) is 0 Å². The predicted molar refractivity (Wildman–Crippen MR) is 115 cm³/mol. The van der Waals surface area contributed by atoms with Gasteiger partial charge in [-0.3, -0.25) is 0 Å². The molecule has 0 aliphatic heterocycles. The molecule has 0 spiro atoms. The molecule has 3 heterocycles. The van der Waals surface area contributed by atoms with Crippen molar-refractivity contribution < 1.29 is 0 Å². The topological polar surface area (TPSA) is 41.6 Å². The number of aromatic nitrogens is 3. The zero-order valence-corrected chi connectivity index (χ0v) is 18.1. The molecule has 5 heteroatoms. The number of nitrogens with zero attached hydrogens (tertiary/aromatic N) is 2. The summed E-state index contributed by atoms with van der Waals surface area (Å²) in [6.07, 6.45) is 0. The molecule has 3 aromatic heterocycles. The predicted octanol–water partition coefficient (Wildman–Crippen LogP) is 6.80. The van der Waals surface area contributed by atoms with E-state index < -0.39 is 0 Å². The van der Waals surface area contributed by atoms with Crippen LogP contribution in [0.1, 0.15) is 56.9 Å². The Labute approximate surface area is 162 Å². The van der Waals surface area contributed by atoms with Crippen LogP contribution in [-0.4, -0.2) is 15.4 Å². The molecule has 0 fully saturated rings. The average molecular weight is 384 g/mol. The van der Waals surface area contributed by atoms with E-state index in [0.717, 1.165) is 11.0 Å². The van der Waals surface area contributed by atoms with Crippen molar-refractivity contribution in [3.05, 3.63) is 33.5 Å². The number of aromatic amines is 1. The first-order valence-corrected chi connectivity index (χ1v) is 10.6. The summed E-state index contributed by atoms with van der Waals surface area (Å²) in [7, 11) is 0. The van der Waals surface area contributed by atoms with Crippen molar-refractivity contribution in [3.8, 4) is 10.4 Å². The standard InChI is InChI=1S/C21H25N3S2/c1-11-10-13-17(26-19(18(13)25-11)21(5,6)7)12-8-9-14(20(2,3)4)16-15(12)22-24-23-16/h8-10H,1-7H3,(H,22,23,24). The molecular formula is C21H25N3S2. The molecule has 0 unspecified atom stereocenters. The third-order valence-electron chi connectivity index (χ3n) is 4.72. The maximum atomic E-state index is 4.53. The van der Waals surface area contributed by atoms with Gasteiger partial charge in [0, 0.05) is 30.3 Å². The number of aryl methyl sites for hydroxylation is 1. The normalized spacial score (nSPS) is 13.2. The number of H-pyrrole nitrogens is 1. The molecule has 26 heavy (non-hydrogen) atoms. The summed E-state index contributed by atoms with van der Waals surface area (Å²) < 4.78 is 1.42. The highest BCUT2D eigenvalue weighted by Crippen LogP contribution is 2.48. The average Bonchev–Trinajstić information content (AvgIpc) is 3.17. The van der Waals surface area contributed by atoms with Gasteiger partial charge in [0.2, 0.25) is 0 Å². The van der Waals surface area contributed by atoms with Gasteiger partial charge in [-0.25, -0.2) is 0 Å². The highest BCUT2D eigenvalue weighted by Gasteiger charge is 2.27. The lowest BCUT2D eigenvalue weighted by atomic mass is 9.85. The third kappa shape index (κ3) is 2.69. The highest BCUT2D eigenvalue weighted by molar-refractivity contribution is 7.26. The van der Waals surface area contributed by atoms with Crippen molar-refractivity contribution >= 4 is 43.8 Å². The molecule has 0 atom stereocenters. The van der Waals surface area contributed by atoms with Crippen LogP contribution in [0.25, 0.3) is 31.6 Å². The fourth-order valence-electron chi connectivity index (χ4n) is 3.47. The lowest BCUT2D eigenvalue weighted by Gasteiger charge is -2.19. The minimum Gasteiger partial charge on any atom is -0.197 e. The summed E-state index contributed by atoms with van der Waals surface area (Å²) in [5.74, 6) is 0. The van der Waals surface area contributed by atoms with E-state index in [1.807, 2.05) is 22.7 Å². The van der Waals surface area contributed by atoms with Crippen molar-refractivity contribution in [2.75, 3.05) is 0 Å². The molecule has 1 aromatic carbocycles. The zero-order chi connectivity index (χ0) is 18.9. The fourth-order valence-corrected chi connectivity index (χ4v) is 6.21. The van der Waals surface area contributed by atoms with Crippen LogP contribution in [0.5, 0.6) is 0 Å². The van der Waals surface area contributed by atoms with Gasteiger partial charge in [-0.2, -0.15) is 15.4 Å². The molecule has 0 amide bonds. The number of hydrogen-bond acceptors (Lipinski definition) is 4. The van der Waals surface area contributed by atoms with Crippen LogP contribution < -0.4 is 0 Å².